The van der Waals surface area contributed by atoms with E-state index in [1.165, 1.54) is 5.56 Å². The summed E-state index contributed by atoms with van der Waals surface area (Å²) < 4.78 is 5.78. The molecule has 0 aliphatic rings. The van der Waals surface area contributed by atoms with E-state index in [-0.39, 0.29) is 12.2 Å². The Labute approximate surface area is 97.2 Å². The molecule has 0 unspecified atom stereocenters. The predicted molar refractivity (Wildman–Crippen MR) is 65.6 cm³/mol. The van der Waals surface area contributed by atoms with Gasteiger partial charge >= 0.3 is 0 Å². The van der Waals surface area contributed by atoms with Gasteiger partial charge in [-0.3, -0.25) is 0 Å². The normalized spacial score (nSPS) is 11.5. The fourth-order valence-electron chi connectivity index (χ4n) is 1.53. The average molecular weight is 223 g/mol. The summed E-state index contributed by atoms with van der Waals surface area (Å²) in [7, 11) is 0. The van der Waals surface area contributed by atoms with E-state index in [9.17, 15) is 0 Å². The molecule has 1 rings (SSSR count). The summed E-state index contributed by atoms with van der Waals surface area (Å²) in [6.45, 7) is 4.74. The van der Waals surface area contributed by atoms with Crippen molar-refractivity contribution in [1.29, 1.82) is 0 Å². The lowest BCUT2D eigenvalue weighted by atomic mass is 10.1. The average Bonchev–Trinajstić information content (AvgIpc) is 2.21. The molecule has 0 aromatic heterocycles. The smallest absolute Gasteiger partial charge is 0.120 e. The van der Waals surface area contributed by atoms with E-state index in [0.717, 1.165) is 12.2 Å². The molecule has 0 fully saturated rings. The highest BCUT2D eigenvalue weighted by Gasteiger charge is 2.18. The van der Waals surface area contributed by atoms with Gasteiger partial charge in [0.2, 0.25) is 0 Å². The van der Waals surface area contributed by atoms with Crippen LogP contribution in [0.25, 0.3) is 0 Å². The minimum absolute atomic E-state index is 0.137. The fourth-order valence-corrected chi connectivity index (χ4v) is 1.53. The number of aliphatic hydroxyl groups excluding tert-OH is 1. The van der Waals surface area contributed by atoms with Gasteiger partial charge in [-0.25, -0.2) is 0 Å². The molecular weight excluding hydrogens is 202 g/mol. The van der Waals surface area contributed by atoms with E-state index in [4.69, 9.17) is 15.6 Å². The summed E-state index contributed by atoms with van der Waals surface area (Å²) in [5.74, 6) is 0.833. The fraction of sp³-hybridized carbons (Fsp3) is 0.538. The van der Waals surface area contributed by atoms with Gasteiger partial charge < -0.3 is 15.6 Å². The Morgan fingerprint density at radius 1 is 1.25 bits per heavy atom. The Morgan fingerprint density at radius 3 is 2.38 bits per heavy atom. The molecule has 3 N–H and O–H groups in total. The molecule has 0 heterocycles. The molecule has 0 radical (unpaired) electrons. The zero-order valence-electron chi connectivity index (χ0n) is 10.1. The monoisotopic (exact) mass is 223 g/mol. The Kier molecular flexibility index (Phi) is 4.77. The van der Waals surface area contributed by atoms with Crippen LogP contribution < -0.4 is 10.5 Å². The quantitative estimate of drug-likeness (QED) is 0.772. The molecule has 1 aromatic carbocycles. The first-order chi connectivity index (χ1) is 7.57. The molecular formula is C13H21NO2. The first-order valence-corrected chi connectivity index (χ1v) is 5.66. The second kappa shape index (κ2) is 5.87. The number of aliphatic hydroxyl groups is 1. The second-order valence-electron chi connectivity index (χ2n) is 4.52. The molecule has 0 atom stereocenters. The summed E-state index contributed by atoms with van der Waals surface area (Å²) >= 11 is 0. The molecule has 1 aromatic rings. The highest BCUT2D eigenvalue weighted by Crippen LogP contribution is 2.21. The summed E-state index contributed by atoms with van der Waals surface area (Å²) in [5.41, 5.74) is 6.37. The van der Waals surface area contributed by atoms with Crippen molar-refractivity contribution in [3.8, 4) is 5.75 Å². The van der Waals surface area contributed by atoms with Crippen LogP contribution in [0.2, 0.25) is 0 Å². The second-order valence-corrected chi connectivity index (χ2v) is 4.52. The van der Waals surface area contributed by atoms with Gasteiger partial charge in [0.25, 0.3) is 0 Å². The van der Waals surface area contributed by atoms with Crippen molar-refractivity contribution in [3.63, 3.8) is 0 Å². The van der Waals surface area contributed by atoms with E-state index < -0.39 is 0 Å². The number of nitrogens with two attached hydrogens (primary N) is 1. The minimum Gasteiger partial charge on any atom is -0.488 e. The van der Waals surface area contributed by atoms with Crippen LogP contribution in [-0.4, -0.2) is 23.9 Å². The van der Waals surface area contributed by atoms with Gasteiger partial charge in [-0.15, -0.1) is 0 Å². The Hall–Kier alpha value is -1.06. The van der Waals surface area contributed by atoms with E-state index >= 15 is 0 Å². The molecule has 0 saturated carbocycles. The molecule has 0 bridgehead atoms. The largest absolute Gasteiger partial charge is 0.488 e. The van der Waals surface area contributed by atoms with Gasteiger partial charge in [0.1, 0.15) is 11.4 Å². The van der Waals surface area contributed by atoms with Crippen LogP contribution >= 0.6 is 0 Å². The van der Waals surface area contributed by atoms with E-state index in [0.29, 0.717) is 13.0 Å². The first kappa shape index (κ1) is 13.0. The Morgan fingerprint density at radius 2 is 1.88 bits per heavy atom. The van der Waals surface area contributed by atoms with Crippen LogP contribution in [0.4, 0.5) is 0 Å². The van der Waals surface area contributed by atoms with E-state index in [1.54, 1.807) is 0 Å². The predicted octanol–water partition coefficient (Wildman–Crippen LogP) is 1.73. The molecule has 0 amide bonds. The maximum absolute atomic E-state index is 8.90. The van der Waals surface area contributed by atoms with Crippen LogP contribution in [-0.2, 0) is 6.42 Å². The molecule has 3 nitrogen and oxygen atoms in total. The third-order valence-electron chi connectivity index (χ3n) is 2.46. The zero-order valence-corrected chi connectivity index (χ0v) is 10.1. The molecule has 0 saturated heterocycles. The van der Waals surface area contributed by atoms with Crippen molar-refractivity contribution in [2.24, 2.45) is 5.73 Å². The standard InChI is InChI=1S/C13H21NO2/c1-13(2,8-10-15)16-12-5-3-11(4-6-12)7-9-14/h3-6,15H,7-10,14H2,1-2H3. The number of rotatable bonds is 6. The van der Waals surface area contributed by atoms with Crippen molar-refractivity contribution in [2.45, 2.75) is 32.3 Å². The van der Waals surface area contributed by atoms with Crippen molar-refractivity contribution in [1.82, 2.24) is 0 Å². The number of ether oxygens (including phenoxy) is 1. The van der Waals surface area contributed by atoms with Gasteiger partial charge in [0.05, 0.1) is 0 Å². The van der Waals surface area contributed by atoms with Crippen LogP contribution in [0.5, 0.6) is 5.75 Å². The van der Waals surface area contributed by atoms with E-state index in [1.807, 2.05) is 38.1 Å². The SMILES string of the molecule is CC(C)(CCO)Oc1ccc(CCN)cc1. The lowest BCUT2D eigenvalue weighted by molar-refractivity contribution is 0.0765. The van der Waals surface area contributed by atoms with Crippen molar-refractivity contribution < 1.29 is 9.84 Å². The van der Waals surface area contributed by atoms with Crippen LogP contribution in [0, 0.1) is 0 Å². The van der Waals surface area contributed by atoms with Crippen molar-refractivity contribution in [2.75, 3.05) is 13.2 Å². The van der Waals surface area contributed by atoms with E-state index in [2.05, 4.69) is 0 Å². The summed E-state index contributed by atoms with van der Waals surface area (Å²) in [6.07, 6.45) is 1.51. The third kappa shape index (κ3) is 4.21. The summed E-state index contributed by atoms with van der Waals surface area (Å²) in [6, 6.07) is 7.95. The Balaban J connectivity index is 2.61. The van der Waals surface area contributed by atoms with Crippen LogP contribution in [0.15, 0.2) is 24.3 Å². The van der Waals surface area contributed by atoms with Gasteiger partial charge in [0, 0.05) is 13.0 Å². The maximum Gasteiger partial charge on any atom is 0.120 e. The zero-order chi connectivity index (χ0) is 12.0. The lowest BCUT2D eigenvalue weighted by Crippen LogP contribution is -2.29. The van der Waals surface area contributed by atoms with Crippen LogP contribution in [0.3, 0.4) is 0 Å². The third-order valence-corrected chi connectivity index (χ3v) is 2.46. The topological polar surface area (TPSA) is 55.5 Å². The summed E-state index contributed by atoms with van der Waals surface area (Å²) in [5, 5.41) is 8.90. The number of benzene rings is 1. The van der Waals surface area contributed by atoms with Crippen molar-refractivity contribution in [3.05, 3.63) is 29.8 Å². The molecule has 3 heteroatoms. The lowest BCUT2D eigenvalue weighted by Gasteiger charge is -2.25. The first-order valence-electron chi connectivity index (χ1n) is 5.66. The van der Waals surface area contributed by atoms with Crippen molar-refractivity contribution >= 4 is 0 Å². The number of hydrogen-bond acceptors (Lipinski definition) is 3. The molecule has 90 valence electrons. The molecule has 0 aliphatic carbocycles. The highest BCUT2D eigenvalue weighted by atomic mass is 16.5. The maximum atomic E-state index is 8.90. The van der Waals surface area contributed by atoms with Gasteiger partial charge in [0.15, 0.2) is 0 Å². The van der Waals surface area contributed by atoms with Gasteiger partial charge in [-0.2, -0.15) is 0 Å². The molecule has 16 heavy (non-hydrogen) atoms. The highest BCUT2D eigenvalue weighted by molar-refractivity contribution is 5.28. The minimum atomic E-state index is -0.329. The number of hydrogen-bond donors (Lipinski definition) is 2. The summed E-state index contributed by atoms with van der Waals surface area (Å²) in [4.78, 5) is 0. The molecule has 0 aliphatic heterocycles. The van der Waals surface area contributed by atoms with Crippen LogP contribution in [0.1, 0.15) is 25.8 Å². The van der Waals surface area contributed by atoms with Gasteiger partial charge in [-0.05, 0) is 44.5 Å². The Bertz CT molecular complexity index is 306. The molecule has 0 spiro atoms. The van der Waals surface area contributed by atoms with Gasteiger partial charge in [-0.1, -0.05) is 12.1 Å².